The number of H-pyrrole nitrogens is 4. The number of nitrogens with one attached hydrogen (secondary N) is 8. The molecule has 6 saturated heterocycles. The normalized spacial score (nSPS) is 20.0. The Morgan fingerprint density at radius 2 is 0.789 bits per heavy atom. The summed E-state index contributed by atoms with van der Waals surface area (Å²) in [6, 6.07) is 39.3. The van der Waals surface area contributed by atoms with Crippen LogP contribution >= 0.6 is 23.5 Å². The number of aromatic amines is 4. The molecule has 6 aliphatic heterocycles. The van der Waals surface area contributed by atoms with Gasteiger partial charge < -0.3 is 89.4 Å². The maximum absolute atomic E-state index is 14.0. The molecule has 2 aliphatic carbocycles. The minimum Gasteiger partial charge on any atom is -0.480 e. The van der Waals surface area contributed by atoms with Gasteiger partial charge in [-0.2, -0.15) is 0 Å². The van der Waals surface area contributed by atoms with E-state index in [-0.39, 0.29) is 87.1 Å². The van der Waals surface area contributed by atoms with Crippen molar-refractivity contribution in [3.8, 4) is 67.3 Å². The number of carboxylic acids is 1. The van der Waals surface area contributed by atoms with Gasteiger partial charge in [0.2, 0.25) is 23.6 Å². The molecule has 2 saturated carbocycles. The number of carboxylic acid groups (broad SMARTS) is 1. The number of hydrogen-bond donors (Lipinski definition) is 9. The first-order valence-corrected chi connectivity index (χ1v) is 47.9. The van der Waals surface area contributed by atoms with Crippen LogP contribution < -0.4 is 21.3 Å². The Morgan fingerprint density at radius 3 is 1.17 bits per heavy atom. The first kappa shape index (κ1) is 93.9. The second-order valence-electron chi connectivity index (χ2n) is 37.7. The van der Waals surface area contributed by atoms with E-state index >= 15 is 0 Å². The van der Waals surface area contributed by atoms with Crippen LogP contribution in [0.15, 0.2) is 146 Å². The molecule has 133 heavy (non-hydrogen) atoms. The predicted octanol–water partition coefficient (Wildman–Crippen LogP) is 16.2. The number of fused-ring (bicyclic) bond motifs is 2. The van der Waals surface area contributed by atoms with Gasteiger partial charge in [-0.25, -0.2) is 43.9 Å². The van der Waals surface area contributed by atoms with Crippen LogP contribution in [-0.2, 0) is 52.4 Å². The fourth-order valence-corrected chi connectivity index (χ4v) is 21.2. The van der Waals surface area contributed by atoms with Crippen molar-refractivity contribution < 1.29 is 76.7 Å². The number of alkyl carbamates (subject to hydrolysis) is 3. The molecule has 34 heteroatoms. The van der Waals surface area contributed by atoms with Crippen molar-refractivity contribution in [1.82, 2.24) is 80.7 Å². The van der Waals surface area contributed by atoms with Gasteiger partial charge in [-0.1, -0.05) is 125 Å². The van der Waals surface area contributed by atoms with Crippen LogP contribution in [0.2, 0.25) is 0 Å². The van der Waals surface area contributed by atoms with Crippen LogP contribution in [0.25, 0.3) is 88.8 Å². The van der Waals surface area contributed by atoms with Crippen LogP contribution in [0, 0.1) is 34.5 Å². The summed E-state index contributed by atoms with van der Waals surface area (Å²) in [4.78, 5) is 153. The molecule has 8 atom stereocenters. The molecule has 6 aromatic carbocycles. The summed E-state index contributed by atoms with van der Waals surface area (Å²) in [5.41, 5.74) is 11.6. The first-order chi connectivity index (χ1) is 63.9. The molecule has 10 heterocycles. The van der Waals surface area contributed by atoms with Gasteiger partial charge in [0.15, 0.2) is 0 Å². The molecule has 0 radical (unpaired) electrons. The molecule has 2 spiro atoms. The number of aliphatic carboxylic acids is 1. The first-order valence-electron chi connectivity index (χ1n) is 45.8. The number of nitrogens with zero attached hydrogens (tertiary/aromatic N) is 8. The number of rotatable bonds is 22. The standard InChI is InChI=1S/C47H54N8O7S.C43H49N7O5S.C9H15NO4/c1-27(2)38(52-45(58)60-3)42(56)55-26-47(15-16-47)23-37(55)40-48-25-36(50-40)34-12-11-32-21-31(9-10-33(32)22-34)28-5-7-29(8-6-28)35-24-49-41(51-35)44-54(17-20-63-44)43(57)39(53-46(59)61-4)30-13-18-62-19-14-30;1-25(2)35(48-40(52)54-6)38(51)50-24-43(15-16-43)21-34(50)36-44-23-33(46-36)31-14-13-29-19-28(11-12-30(29)20-31)26-7-9-27(10-8-26)32-22-45-37(47-32)39-49(17-18-56-39)41(53)55-42(3,4)5;1-6(11)10-8(9(12)13)7-2-4-14-5-3-7/h5-12,21-22,24-25,27,30,37-39,44H,13-20,23,26H2,1-4H3,(H,48,50)(H,49,51)(H,52,58)(H,53,59);7-14,19-20,22-23,25,34-35,39H,15-18,21,24H2,1-6H3,(H,44,46)(H,45,47)(H,48,52);7-8H,2-5H2,1H3,(H,10,11)(H,12,13)/t37-,38-,39-,44-;34-,35-,39-;8-/m000/s1. The Kier molecular flexibility index (Phi) is 28.4. The third-order valence-corrected chi connectivity index (χ3v) is 29.1. The largest absolute Gasteiger partial charge is 0.480 e. The van der Waals surface area contributed by atoms with E-state index in [0.717, 1.165) is 156 Å². The molecule has 8 fully saturated rings. The summed E-state index contributed by atoms with van der Waals surface area (Å²) in [5.74, 6) is 2.69. The maximum atomic E-state index is 14.0. The van der Waals surface area contributed by atoms with E-state index in [0.29, 0.717) is 84.1 Å². The van der Waals surface area contributed by atoms with Crippen molar-refractivity contribution >= 4 is 99.0 Å². The SMILES string of the molecule is CC(=O)N[C@H](C(=O)O)C1CCOCC1.COC(=O)N[C@H](C(=O)N1CC2(CC2)C[C@H]1c1ncc(-c2ccc3cc(-c4ccc(-c5cnc([C@@H]6SCCN6C(=O)OC(C)(C)C)[nH]5)cc4)ccc3c2)[nH]1)C(C)C.COC(=O)N[C@H](C(=O)N1CC2(CC2)C[C@H]1c1ncc(-c2ccc3cc(-c4ccc(-c5cnc([C@@H]6SCCN6C(=O)[C@@H](NC(=O)OC)C6CCOCC6)[nH]5)cc4)ccc3c2)[nH]1)C(C)C. The lowest BCUT2D eigenvalue weighted by atomic mass is 9.90. The minimum atomic E-state index is -0.966. The summed E-state index contributed by atoms with van der Waals surface area (Å²) in [6.45, 7) is 19.4. The summed E-state index contributed by atoms with van der Waals surface area (Å²) >= 11 is 3.33. The van der Waals surface area contributed by atoms with Crippen molar-refractivity contribution in [3.05, 3.63) is 169 Å². The Morgan fingerprint density at radius 1 is 0.444 bits per heavy atom. The van der Waals surface area contributed by atoms with Crippen molar-refractivity contribution in [2.45, 2.75) is 172 Å². The number of hydrogen-bond acceptors (Lipinski definition) is 21. The molecular formula is C99H118N16O16S2. The molecule has 8 amide bonds. The van der Waals surface area contributed by atoms with Gasteiger partial charge in [0, 0.05) is 82.2 Å². The Hall–Kier alpha value is -12.3. The number of imidazole rings is 4. The number of carbonyl (C=O) groups excluding carboxylic acids is 8. The zero-order chi connectivity index (χ0) is 93.7. The number of likely N-dealkylation sites (tertiary alicyclic amines) is 2. The second kappa shape index (κ2) is 40.3. The molecule has 0 unspecified atom stereocenters. The molecule has 10 aromatic rings. The number of methoxy groups -OCH3 is 3. The van der Waals surface area contributed by atoms with E-state index in [4.69, 9.17) is 48.5 Å². The van der Waals surface area contributed by atoms with E-state index in [1.807, 2.05) is 88.0 Å². The lowest BCUT2D eigenvalue weighted by Gasteiger charge is -2.33. The van der Waals surface area contributed by atoms with Gasteiger partial charge in [0.1, 0.15) is 63.8 Å². The average molecular weight is 1850 g/mol. The van der Waals surface area contributed by atoms with Crippen molar-refractivity contribution in [2.24, 2.45) is 34.5 Å². The maximum Gasteiger partial charge on any atom is 0.411 e. The third kappa shape index (κ3) is 21.7. The summed E-state index contributed by atoms with van der Waals surface area (Å²) in [6.07, 6.45) is 14.0. The number of thioether (sulfide) groups is 2. The topological polar surface area (TPSA) is 405 Å². The fourth-order valence-electron chi connectivity index (χ4n) is 18.9. The molecule has 0 bridgehead atoms. The summed E-state index contributed by atoms with van der Waals surface area (Å²) in [7, 11) is 3.92. The lowest BCUT2D eigenvalue weighted by Crippen LogP contribution is -2.53. The van der Waals surface area contributed by atoms with Crippen LogP contribution in [0.5, 0.6) is 0 Å². The van der Waals surface area contributed by atoms with E-state index in [9.17, 15) is 43.2 Å². The monoisotopic (exact) mass is 1850 g/mol. The molecule has 4 aromatic heterocycles. The molecule has 702 valence electrons. The second-order valence-corrected chi connectivity index (χ2v) is 40.1. The highest BCUT2D eigenvalue weighted by Gasteiger charge is 2.57. The third-order valence-electron chi connectivity index (χ3n) is 26.6. The van der Waals surface area contributed by atoms with E-state index < -0.39 is 54.0 Å². The van der Waals surface area contributed by atoms with E-state index in [1.54, 1.807) is 28.4 Å². The number of benzene rings is 6. The van der Waals surface area contributed by atoms with Crippen LogP contribution in [0.3, 0.4) is 0 Å². The Labute approximate surface area is 780 Å². The van der Waals surface area contributed by atoms with E-state index in [2.05, 4.69) is 168 Å². The highest BCUT2D eigenvalue weighted by molar-refractivity contribution is 8.00. The lowest BCUT2D eigenvalue weighted by molar-refractivity contribution is -0.144. The number of aromatic nitrogens is 8. The van der Waals surface area contributed by atoms with Gasteiger partial charge in [-0.05, 0) is 199 Å². The molecule has 32 nitrogen and oxygen atoms in total. The highest BCUT2D eigenvalue weighted by atomic mass is 32.2. The van der Waals surface area contributed by atoms with Crippen LogP contribution in [0.1, 0.15) is 166 Å². The fraction of sp³-hybridized carbons (Fsp3) is 0.465. The summed E-state index contributed by atoms with van der Waals surface area (Å²) in [5, 5.41) is 23.6. The number of ether oxygens (including phenoxy) is 6. The average Bonchev–Trinajstić information content (AvgIpc) is 1.58. The van der Waals surface area contributed by atoms with Crippen LogP contribution in [-0.4, -0.2) is 234 Å². The van der Waals surface area contributed by atoms with Gasteiger partial charge in [0.25, 0.3) is 0 Å². The van der Waals surface area contributed by atoms with Gasteiger partial charge >= 0.3 is 30.3 Å². The van der Waals surface area contributed by atoms with E-state index in [1.165, 1.54) is 28.3 Å². The summed E-state index contributed by atoms with van der Waals surface area (Å²) < 4.78 is 30.8. The smallest absolute Gasteiger partial charge is 0.411 e. The number of amides is 8. The highest BCUT2D eigenvalue weighted by Crippen LogP contribution is 2.60. The van der Waals surface area contributed by atoms with Crippen molar-refractivity contribution in [2.75, 3.05) is 85.4 Å². The Balaban J connectivity index is 0.000000170. The van der Waals surface area contributed by atoms with Crippen molar-refractivity contribution in [3.63, 3.8) is 0 Å². The quantitative estimate of drug-likeness (QED) is 0.0285. The molecule has 8 aliphatic rings. The van der Waals surface area contributed by atoms with Gasteiger partial charge in [0.05, 0.1) is 81.0 Å². The predicted molar refractivity (Wildman–Crippen MR) is 506 cm³/mol. The van der Waals surface area contributed by atoms with Crippen molar-refractivity contribution in [1.29, 1.82) is 0 Å². The van der Waals surface area contributed by atoms with Gasteiger partial charge in [-0.3, -0.25) is 24.1 Å². The number of carbonyl (C=O) groups is 9. The van der Waals surface area contributed by atoms with Gasteiger partial charge in [-0.15, -0.1) is 23.5 Å². The zero-order valence-corrected chi connectivity index (χ0v) is 78.5. The molecular weight excluding hydrogens is 1730 g/mol. The zero-order valence-electron chi connectivity index (χ0n) is 76.9. The molecule has 9 N–H and O–H groups in total. The Bertz CT molecular complexity index is 5910. The van der Waals surface area contributed by atoms with Crippen LogP contribution in [0.4, 0.5) is 19.2 Å². The minimum absolute atomic E-state index is 0.00912. The molecule has 18 rings (SSSR count).